The highest BCUT2D eigenvalue weighted by Crippen LogP contribution is 2.18. The van der Waals surface area contributed by atoms with Gasteiger partial charge in [-0.15, -0.1) is 0 Å². The number of aryl methyl sites for hydroxylation is 1. The summed E-state index contributed by atoms with van der Waals surface area (Å²) in [6.45, 7) is 3.72. The van der Waals surface area contributed by atoms with Gasteiger partial charge < -0.3 is 10.4 Å². The van der Waals surface area contributed by atoms with Crippen molar-refractivity contribution in [2.45, 2.75) is 32.7 Å². The zero-order valence-corrected chi connectivity index (χ0v) is 13.0. The van der Waals surface area contributed by atoms with Crippen LogP contribution < -0.4 is 5.32 Å². The molecule has 0 saturated carbocycles. The van der Waals surface area contributed by atoms with Crippen LogP contribution in [0, 0.1) is 5.92 Å². The number of carboxylic acids is 1. The fourth-order valence-electron chi connectivity index (χ4n) is 2.48. The number of rotatable bonds is 6. The summed E-state index contributed by atoms with van der Waals surface area (Å²) in [6.07, 6.45) is 0.755. The SMILES string of the molecule is CC[C@H](C)[C@H](NC(=O)Cc1nn(C)c2ccccc12)C(=O)O. The Labute approximate surface area is 129 Å². The Morgan fingerprint density at radius 1 is 1.36 bits per heavy atom. The van der Waals surface area contributed by atoms with E-state index in [0.717, 1.165) is 10.9 Å². The van der Waals surface area contributed by atoms with Gasteiger partial charge in [0.2, 0.25) is 5.91 Å². The molecule has 2 rings (SSSR count). The molecule has 0 unspecified atom stereocenters. The summed E-state index contributed by atoms with van der Waals surface area (Å²) in [5, 5.41) is 17.1. The second-order valence-corrected chi connectivity index (χ2v) is 5.53. The number of aliphatic carboxylic acids is 1. The fraction of sp³-hybridized carbons (Fsp3) is 0.438. The Balaban J connectivity index is 2.15. The van der Waals surface area contributed by atoms with Gasteiger partial charge in [-0.1, -0.05) is 38.5 Å². The highest BCUT2D eigenvalue weighted by atomic mass is 16.4. The predicted octanol–water partition coefficient (Wildman–Crippen LogP) is 1.73. The molecule has 1 amide bonds. The summed E-state index contributed by atoms with van der Waals surface area (Å²) >= 11 is 0. The maximum Gasteiger partial charge on any atom is 0.326 e. The molecule has 6 heteroatoms. The van der Waals surface area contributed by atoms with Crippen LogP contribution in [0.2, 0.25) is 0 Å². The molecule has 22 heavy (non-hydrogen) atoms. The van der Waals surface area contributed by atoms with Crippen LogP contribution in [-0.4, -0.2) is 32.8 Å². The van der Waals surface area contributed by atoms with E-state index in [1.807, 2.05) is 45.2 Å². The lowest BCUT2D eigenvalue weighted by Gasteiger charge is -2.19. The summed E-state index contributed by atoms with van der Waals surface area (Å²) < 4.78 is 1.72. The normalized spacial score (nSPS) is 13.8. The van der Waals surface area contributed by atoms with Crippen molar-refractivity contribution in [2.24, 2.45) is 13.0 Å². The van der Waals surface area contributed by atoms with Gasteiger partial charge in [-0.2, -0.15) is 5.10 Å². The number of carbonyl (C=O) groups is 2. The molecule has 0 aliphatic carbocycles. The van der Waals surface area contributed by atoms with Gasteiger partial charge in [0.15, 0.2) is 0 Å². The first-order valence-electron chi connectivity index (χ1n) is 7.36. The number of benzene rings is 1. The molecule has 0 aliphatic rings. The summed E-state index contributed by atoms with van der Waals surface area (Å²) in [6, 6.07) is 6.78. The average molecular weight is 303 g/mol. The number of amides is 1. The van der Waals surface area contributed by atoms with E-state index in [1.165, 1.54) is 0 Å². The zero-order chi connectivity index (χ0) is 16.3. The molecular weight excluding hydrogens is 282 g/mol. The molecule has 1 heterocycles. The standard InChI is InChI=1S/C16H21N3O3/c1-4-10(2)15(16(21)22)17-14(20)9-12-11-7-5-6-8-13(11)19(3)18-12/h5-8,10,15H,4,9H2,1-3H3,(H,17,20)(H,21,22)/t10-,15-/m0/s1. The van der Waals surface area contributed by atoms with E-state index in [-0.39, 0.29) is 18.2 Å². The second kappa shape index (κ2) is 6.60. The first-order valence-corrected chi connectivity index (χ1v) is 7.36. The topological polar surface area (TPSA) is 84.2 Å². The van der Waals surface area contributed by atoms with E-state index in [4.69, 9.17) is 0 Å². The Hall–Kier alpha value is -2.37. The molecule has 0 bridgehead atoms. The maximum absolute atomic E-state index is 12.2. The van der Waals surface area contributed by atoms with E-state index in [2.05, 4.69) is 10.4 Å². The Morgan fingerprint density at radius 3 is 2.68 bits per heavy atom. The van der Waals surface area contributed by atoms with Gasteiger partial charge >= 0.3 is 5.97 Å². The number of hydrogen-bond acceptors (Lipinski definition) is 3. The van der Waals surface area contributed by atoms with Crippen molar-refractivity contribution in [3.8, 4) is 0 Å². The number of nitrogens with zero attached hydrogens (tertiary/aromatic N) is 2. The first kappa shape index (κ1) is 16.0. The third-order valence-electron chi connectivity index (χ3n) is 3.96. The van der Waals surface area contributed by atoms with Gasteiger partial charge in [0, 0.05) is 12.4 Å². The minimum atomic E-state index is -1.01. The van der Waals surface area contributed by atoms with Crippen molar-refractivity contribution in [3.05, 3.63) is 30.0 Å². The van der Waals surface area contributed by atoms with Crippen LogP contribution in [0.15, 0.2) is 24.3 Å². The molecule has 0 spiro atoms. The Kier molecular flexibility index (Phi) is 4.80. The number of carbonyl (C=O) groups excluding carboxylic acids is 1. The van der Waals surface area contributed by atoms with Crippen LogP contribution in [0.4, 0.5) is 0 Å². The molecular formula is C16H21N3O3. The third-order valence-corrected chi connectivity index (χ3v) is 3.96. The largest absolute Gasteiger partial charge is 0.480 e. The number of fused-ring (bicyclic) bond motifs is 1. The molecule has 2 N–H and O–H groups in total. The summed E-state index contributed by atoms with van der Waals surface area (Å²) in [5.41, 5.74) is 1.60. The molecule has 2 aromatic rings. The Bertz CT molecular complexity index is 693. The monoisotopic (exact) mass is 303 g/mol. The van der Waals surface area contributed by atoms with Crippen molar-refractivity contribution in [1.82, 2.24) is 15.1 Å². The first-order chi connectivity index (χ1) is 10.4. The van der Waals surface area contributed by atoms with Crippen molar-refractivity contribution < 1.29 is 14.7 Å². The smallest absolute Gasteiger partial charge is 0.326 e. The minimum Gasteiger partial charge on any atom is -0.480 e. The maximum atomic E-state index is 12.2. The zero-order valence-electron chi connectivity index (χ0n) is 13.0. The van der Waals surface area contributed by atoms with Gasteiger partial charge in [-0.25, -0.2) is 4.79 Å². The van der Waals surface area contributed by atoms with E-state index < -0.39 is 12.0 Å². The fourth-order valence-corrected chi connectivity index (χ4v) is 2.48. The summed E-state index contributed by atoms with van der Waals surface area (Å²) in [5.74, 6) is -1.45. The molecule has 118 valence electrons. The molecule has 0 saturated heterocycles. The molecule has 0 radical (unpaired) electrons. The Morgan fingerprint density at radius 2 is 2.05 bits per heavy atom. The predicted molar refractivity (Wildman–Crippen MR) is 83.4 cm³/mol. The number of para-hydroxylation sites is 1. The molecule has 1 aromatic carbocycles. The van der Waals surface area contributed by atoms with Crippen LogP contribution in [0.25, 0.3) is 10.9 Å². The van der Waals surface area contributed by atoms with E-state index >= 15 is 0 Å². The number of aromatic nitrogens is 2. The van der Waals surface area contributed by atoms with Crippen LogP contribution in [0.1, 0.15) is 26.0 Å². The molecule has 0 fully saturated rings. The molecule has 1 aromatic heterocycles. The van der Waals surface area contributed by atoms with Crippen molar-refractivity contribution in [1.29, 1.82) is 0 Å². The molecule has 6 nitrogen and oxygen atoms in total. The number of hydrogen-bond donors (Lipinski definition) is 2. The van der Waals surface area contributed by atoms with Crippen molar-refractivity contribution >= 4 is 22.8 Å². The van der Waals surface area contributed by atoms with Crippen LogP contribution >= 0.6 is 0 Å². The number of carboxylic acid groups (broad SMARTS) is 1. The van der Waals surface area contributed by atoms with Crippen LogP contribution in [-0.2, 0) is 23.1 Å². The quantitative estimate of drug-likeness (QED) is 0.851. The lowest BCUT2D eigenvalue weighted by Crippen LogP contribution is -2.45. The van der Waals surface area contributed by atoms with Gasteiger partial charge in [0.25, 0.3) is 0 Å². The van der Waals surface area contributed by atoms with E-state index in [1.54, 1.807) is 4.68 Å². The lowest BCUT2D eigenvalue weighted by atomic mass is 9.99. The van der Waals surface area contributed by atoms with Gasteiger partial charge in [-0.3, -0.25) is 9.48 Å². The number of nitrogens with one attached hydrogen (secondary N) is 1. The van der Waals surface area contributed by atoms with E-state index in [0.29, 0.717) is 12.1 Å². The minimum absolute atomic E-state index is 0.0710. The summed E-state index contributed by atoms with van der Waals surface area (Å²) in [7, 11) is 1.82. The van der Waals surface area contributed by atoms with Crippen LogP contribution in [0.3, 0.4) is 0 Å². The molecule has 2 atom stereocenters. The van der Waals surface area contributed by atoms with E-state index in [9.17, 15) is 14.7 Å². The van der Waals surface area contributed by atoms with Crippen molar-refractivity contribution in [2.75, 3.05) is 0 Å². The average Bonchev–Trinajstić information content (AvgIpc) is 2.80. The van der Waals surface area contributed by atoms with Crippen LogP contribution in [0.5, 0.6) is 0 Å². The van der Waals surface area contributed by atoms with Crippen molar-refractivity contribution in [3.63, 3.8) is 0 Å². The van der Waals surface area contributed by atoms with Gasteiger partial charge in [0.05, 0.1) is 17.6 Å². The highest BCUT2D eigenvalue weighted by molar-refractivity contribution is 5.89. The van der Waals surface area contributed by atoms with Gasteiger partial charge in [0.1, 0.15) is 6.04 Å². The molecule has 0 aliphatic heterocycles. The second-order valence-electron chi connectivity index (χ2n) is 5.53. The lowest BCUT2D eigenvalue weighted by molar-refractivity contribution is -0.143. The highest BCUT2D eigenvalue weighted by Gasteiger charge is 2.25. The summed E-state index contributed by atoms with van der Waals surface area (Å²) in [4.78, 5) is 23.4. The van der Waals surface area contributed by atoms with Gasteiger partial charge in [-0.05, 0) is 12.0 Å². The third kappa shape index (κ3) is 3.27.